The number of rotatable bonds is 4. The second-order valence-corrected chi connectivity index (χ2v) is 4.13. The van der Waals surface area contributed by atoms with Crippen molar-refractivity contribution >= 4 is 11.6 Å². The van der Waals surface area contributed by atoms with Gasteiger partial charge in [-0.1, -0.05) is 17.7 Å². The van der Waals surface area contributed by atoms with Crippen LogP contribution in [0.2, 0.25) is 5.02 Å². The highest BCUT2D eigenvalue weighted by molar-refractivity contribution is 6.31. The molecule has 0 amide bonds. The predicted molar refractivity (Wildman–Crippen MR) is 60.1 cm³/mol. The monoisotopic (exact) mass is 267 g/mol. The Morgan fingerprint density at radius 2 is 2.06 bits per heavy atom. The first-order valence-electron chi connectivity index (χ1n) is 5.03. The van der Waals surface area contributed by atoms with Gasteiger partial charge in [-0.3, -0.25) is 0 Å². The van der Waals surface area contributed by atoms with Gasteiger partial charge in [0, 0.05) is 6.54 Å². The molecule has 17 heavy (non-hydrogen) atoms. The van der Waals surface area contributed by atoms with E-state index in [2.05, 4.69) is 5.32 Å². The zero-order valence-corrected chi connectivity index (χ0v) is 9.94. The summed E-state index contributed by atoms with van der Waals surface area (Å²) >= 11 is 5.48. The van der Waals surface area contributed by atoms with Gasteiger partial charge in [0.2, 0.25) is 0 Å². The number of aliphatic hydroxyl groups excluding tert-OH is 1. The van der Waals surface area contributed by atoms with Gasteiger partial charge in [0.15, 0.2) is 0 Å². The lowest BCUT2D eigenvalue weighted by Crippen LogP contribution is -2.25. The Hall–Kier alpha value is -0.780. The van der Waals surface area contributed by atoms with Crippen molar-refractivity contribution in [3.8, 4) is 0 Å². The van der Waals surface area contributed by atoms with E-state index < -0.39 is 17.8 Å². The quantitative estimate of drug-likeness (QED) is 0.878. The zero-order valence-electron chi connectivity index (χ0n) is 9.18. The summed E-state index contributed by atoms with van der Waals surface area (Å²) < 4.78 is 37.7. The summed E-state index contributed by atoms with van der Waals surface area (Å²) in [5, 5.41) is 11.9. The van der Waals surface area contributed by atoms with Gasteiger partial charge in [-0.2, -0.15) is 13.2 Å². The summed E-state index contributed by atoms with van der Waals surface area (Å²) in [6.07, 6.45) is -5.04. The van der Waals surface area contributed by atoms with E-state index in [-0.39, 0.29) is 11.4 Å². The summed E-state index contributed by atoms with van der Waals surface area (Å²) in [7, 11) is 1.66. The van der Waals surface area contributed by atoms with E-state index in [4.69, 9.17) is 11.6 Å². The largest absolute Gasteiger partial charge is 0.417 e. The first-order valence-corrected chi connectivity index (χ1v) is 5.40. The van der Waals surface area contributed by atoms with Crippen molar-refractivity contribution in [2.45, 2.75) is 18.7 Å². The molecule has 1 rings (SSSR count). The first-order chi connectivity index (χ1) is 7.84. The lowest BCUT2D eigenvalue weighted by molar-refractivity contribution is -0.137. The smallest absolute Gasteiger partial charge is 0.391 e. The molecule has 0 saturated carbocycles. The van der Waals surface area contributed by atoms with Crippen LogP contribution in [0, 0.1) is 0 Å². The number of alkyl halides is 3. The second kappa shape index (κ2) is 5.71. The number of nitrogens with one attached hydrogen (secondary N) is 1. The van der Waals surface area contributed by atoms with Gasteiger partial charge in [-0.15, -0.1) is 0 Å². The second-order valence-electron chi connectivity index (χ2n) is 3.73. The summed E-state index contributed by atoms with van der Waals surface area (Å²) in [6.45, 7) is 0.323. The number of hydrogen-bond acceptors (Lipinski definition) is 2. The summed E-state index contributed by atoms with van der Waals surface area (Å²) in [5.74, 6) is 0. The highest BCUT2D eigenvalue weighted by Gasteiger charge is 2.33. The lowest BCUT2D eigenvalue weighted by Gasteiger charge is -2.13. The average molecular weight is 268 g/mol. The van der Waals surface area contributed by atoms with Gasteiger partial charge < -0.3 is 10.4 Å². The van der Waals surface area contributed by atoms with Crippen molar-refractivity contribution in [2.24, 2.45) is 0 Å². The fourth-order valence-corrected chi connectivity index (χ4v) is 1.72. The van der Waals surface area contributed by atoms with Crippen molar-refractivity contribution in [3.63, 3.8) is 0 Å². The molecule has 1 aromatic rings. The van der Waals surface area contributed by atoms with Crippen LogP contribution in [-0.4, -0.2) is 24.8 Å². The Morgan fingerprint density at radius 1 is 1.41 bits per heavy atom. The van der Waals surface area contributed by atoms with E-state index in [0.717, 1.165) is 6.07 Å². The zero-order chi connectivity index (χ0) is 13.1. The van der Waals surface area contributed by atoms with Crippen molar-refractivity contribution in [1.29, 1.82) is 0 Å². The van der Waals surface area contributed by atoms with Crippen LogP contribution in [0.1, 0.15) is 11.1 Å². The SMILES string of the molecule is CNCC(O)Cc1ccc(Cl)c(C(F)(F)F)c1. The predicted octanol–water partition coefficient (Wildman–Crippen LogP) is 2.48. The lowest BCUT2D eigenvalue weighted by atomic mass is 10.0. The third kappa shape index (κ3) is 4.18. The molecule has 2 nitrogen and oxygen atoms in total. The van der Waals surface area contributed by atoms with Crippen molar-refractivity contribution in [2.75, 3.05) is 13.6 Å². The Balaban J connectivity index is 2.89. The van der Waals surface area contributed by atoms with Crippen LogP contribution >= 0.6 is 11.6 Å². The van der Waals surface area contributed by atoms with Crippen LogP contribution in [0.5, 0.6) is 0 Å². The Kier molecular flexibility index (Phi) is 4.80. The number of benzene rings is 1. The minimum Gasteiger partial charge on any atom is -0.391 e. The van der Waals surface area contributed by atoms with Gasteiger partial charge in [0.05, 0.1) is 16.7 Å². The van der Waals surface area contributed by atoms with Crippen LogP contribution in [0.15, 0.2) is 18.2 Å². The molecule has 1 atom stereocenters. The molecule has 0 aromatic heterocycles. The fourth-order valence-electron chi connectivity index (χ4n) is 1.50. The Labute approximate surface area is 102 Å². The average Bonchev–Trinajstić information content (AvgIpc) is 2.19. The molecule has 0 bridgehead atoms. The molecular formula is C11H13ClF3NO. The van der Waals surface area contributed by atoms with Gasteiger partial charge in [0.1, 0.15) is 0 Å². The Bertz CT molecular complexity index is 381. The molecule has 0 heterocycles. The summed E-state index contributed by atoms with van der Waals surface area (Å²) in [4.78, 5) is 0. The van der Waals surface area contributed by atoms with E-state index >= 15 is 0 Å². The van der Waals surface area contributed by atoms with Crippen molar-refractivity contribution < 1.29 is 18.3 Å². The molecule has 0 aliphatic heterocycles. The third-order valence-corrected chi connectivity index (χ3v) is 2.58. The van der Waals surface area contributed by atoms with Crippen molar-refractivity contribution in [3.05, 3.63) is 34.3 Å². The molecule has 0 aliphatic carbocycles. The summed E-state index contributed by atoms with van der Waals surface area (Å²) in [6, 6.07) is 3.66. The minimum absolute atomic E-state index is 0.154. The van der Waals surface area contributed by atoms with Crippen LogP contribution in [0.3, 0.4) is 0 Å². The number of aliphatic hydroxyl groups is 1. The maximum Gasteiger partial charge on any atom is 0.417 e. The fraction of sp³-hybridized carbons (Fsp3) is 0.455. The maximum absolute atomic E-state index is 12.6. The standard InChI is InChI=1S/C11H13ClF3NO/c1-16-6-8(17)4-7-2-3-10(12)9(5-7)11(13,14)15/h2-3,5,8,16-17H,4,6H2,1H3. The van der Waals surface area contributed by atoms with E-state index in [1.807, 2.05) is 0 Å². The molecule has 0 spiro atoms. The van der Waals surface area contributed by atoms with Crippen LogP contribution < -0.4 is 5.32 Å². The molecule has 0 saturated heterocycles. The van der Waals surface area contributed by atoms with Gasteiger partial charge in [-0.05, 0) is 31.2 Å². The summed E-state index contributed by atoms with van der Waals surface area (Å²) in [5.41, 5.74) is -0.460. The molecule has 6 heteroatoms. The minimum atomic E-state index is -4.47. The normalized spacial score (nSPS) is 13.8. The maximum atomic E-state index is 12.6. The van der Waals surface area contributed by atoms with E-state index in [9.17, 15) is 18.3 Å². The van der Waals surface area contributed by atoms with Gasteiger partial charge in [-0.25, -0.2) is 0 Å². The number of likely N-dealkylation sites (N-methyl/N-ethyl adjacent to an activating group) is 1. The molecule has 96 valence electrons. The van der Waals surface area contributed by atoms with Crippen LogP contribution in [0.25, 0.3) is 0 Å². The van der Waals surface area contributed by atoms with E-state index in [0.29, 0.717) is 12.1 Å². The molecule has 0 fully saturated rings. The highest BCUT2D eigenvalue weighted by atomic mass is 35.5. The van der Waals surface area contributed by atoms with Gasteiger partial charge >= 0.3 is 6.18 Å². The topological polar surface area (TPSA) is 32.3 Å². The molecule has 0 radical (unpaired) electrons. The van der Waals surface area contributed by atoms with Gasteiger partial charge in [0.25, 0.3) is 0 Å². The van der Waals surface area contributed by atoms with Crippen molar-refractivity contribution in [1.82, 2.24) is 5.32 Å². The Morgan fingerprint density at radius 3 is 2.59 bits per heavy atom. The van der Waals surface area contributed by atoms with Crippen LogP contribution in [0.4, 0.5) is 13.2 Å². The first kappa shape index (κ1) is 14.3. The molecule has 1 aromatic carbocycles. The number of halogens is 4. The third-order valence-electron chi connectivity index (χ3n) is 2.25. The van der Waals surface area contributed by atoms with E-state index in [1.54, 1.807) is 7.05 Å². The molecule has 1 unspecified atom stereocenters. The number of hydrogen-bond donors (Lipinski definition) is 2. The molecule has 0 aliphatic rings. The van der Waals surface area contributed by atoms with Crippen LogP contribution in [-0.2, 0) is 12.6 Å². The highest BCUT2D eigenvalue weighted by Crippen LogP contribution is 2.35. The molecule has 2 N–H and O–H groups in total. The van der Waals surface area contributed by atoms with E-state index in [1.165, 1.54) is 12.1 Å². The molecular weight excluding hydrogens is 255 g/mol.